The standard InChI is InChI=1S/C25H22/c1-17-7-2-4-9-19(17)21-11-6-12-22-24-14-13-18-8-3-5-10-20(18)23(24)15-16-25(21)22/h2,4,6-7,9,11-16H,3,5,8,10H2,1H3. The zero-order valence-electron chi connectivity index (χ0n) is 14.7. The number of rotatable bonds is 1. The van der Waals surface area contributed by atoms with Crippen LogP contribution in [-0.2, 0) is 12.8 Å². The highest BCUT2D eigenvalue weighted by atomic mass is 14.2. The molecule has 25 heavy (non-hydrogen) atoms. The summed E-state index contributed by atoms with van der Waals surface area (Å²) in [4.78, 5) is 0. The molecule has 0 aromatic heterocycles. The van der Waals surface area contributed by atoms with E-state index in [0.717, 1.165) is 0 Å². The highest BCUT2D eigenvalue weighted by molar-refractivity contribution is 6.13. The molecule has 4 aromatic carbocycles. The summed E-state index contributed by atoms with van der Waals surface area (Å²) in [5.41, 5.74) is 7.17. The van der Waals surface area contributed by atoms with E-state index in [1.165, 1.54) is 63.9 Å². The third kappa shape index (κ3) is 2.28. The van der Waals surface area contributed by atoms with Gasteiger partial charge in [0.2, 0.25) is 0 Å². The van der Waals surface area contributed by atoms with Gasteiger partial charge in [-0.1, -0.05) is 66.7 Å². The first kappa shape index (κ1) is 14.7. The molecule has 0 atom stereocenters. The van der Waals surface area contributed by atoms with Crippen LogP contribution in [0, 0.1) is 6.92 Å². The van der Waals surface area contributed by atoms with Crippen molar-refractivity contribution < 1.29 is 0 Å². The van der Waals surface area contributed by atoms with Crippen LogP contribution in [0.3, 0.4) is 0 Å². The molecule has 0 nitrogen and oxygen atoms in total. The van der Waals surface area contributed by atoms with E-state index in [1.54, 1.807) is 11.1 Å². The second-order valence-corrected chi connectivity index (χ2v) is 7.29. The smallest absolute Gasteiger partial charge is 0.00989 e. The van der Waals surface area contributed by atoms with Crippen LogP contribution in [0.4, 0.5) is 0 Å². The first-order chi connectivity index (χ1) is 12.3. The van der Waals surface area contributed by atoms with Gasteiger partial charge in [0.25, 0.3) is 0 Å². The van der Waals surface area contributed by atoms with Crippen LogP contribution in [0.25, 0.3) is 32.7 Å². The fourth-order valence-corrected chi connectivity index (χ4v) is 4.54. The monoisotopic (exact) mass is 322 g/mol. The number of aryl methyl sites for hydroxylation is 3. The highest BCUT2D eigenvalue weighted by Crippen LogP contribution is 2.37. The Morgan fingerprint density at radius 1 is 0.560 bits per heavy atom. The summed E-state index contributed by atoms with van der Waals surface area (Å²) in [5, 5.41) is 5.62. The molecule has 0 saturated heterocycles. The molecule has 0 aliphatic heterocycles. The van der Waals surface area contributed by atoms with Gasteiger partial charge in [0.15, 0.2) is 0 Å². The van der Waals surface area contributed by atoms with Crippen molar-refractivity contribution in [2.45, 2.75) is 32.6 Å². The van der Waals surface area contributed by atoms with Crippen molar-refractivity contribution in [1.82, 2.24) is 0 Å². The Morgan fingerprint density at radius 3 is 2.20 bits per heavy atom. The van der Waals surface area contributed by atoms with E-state index in [9.17, 15) is 0 Å². The van der Waals surface area contributed by atoms with Gasteiger partial charge in [-0.15, -0.1) is 0 Å². The average Bonchev–Trinajstić information content (AvgIpc) is 2.67. The molecule has 5 rings (SSSR count). The molecule has 0 unspecified atom stereocenters. The second-order valence-electron chi connectivity index (χ2n) is 7.29. The minimum absolute atomic E-state index is 1.23. The first-order valence-electron chi connectivity index (χ1n) is 9.35. The summed E-state index contributed by atoms with van der Waals surface area (Å²) in [5.74, 6) is 0. The summed E-state index contributed by atoms with van der Waals surface area (Å²) in [6.45, 7) is 2.20. The SMILES string of the molecule is Cc1ccccc1-c1cccc2c1ccc1c3c(ccc12)CCCC3. The zero-order valence-corrected chi connectivity index (χ0v) is 14.7. The molecule has 0 spiro atoms. The predicted octanol–water partition coefficient (Wildman–Crippen LogP) is 6.85. The molecule has 122 valence electrons. The van der Waals surface area contributed by atoms with Crippen molar-refractivity contribution in [3.8, 4) is 11.1 Å². The largest absolute Gasteiger partial charge is 0.0620 e. The Labute approximate surface area is 149 Å². The molecule has 0 N–H and O–H groups in total. The minimum Gasteiger partial charge on any atom is -0.0620 e. The van der Waals surface area contributed by atoms with Gasteiger partial charge in [-0.2, -0.15) is 0 Å². The fraction of sp³-hybridized carbons (Fsp3) is 0.200. The predicted molar refractivity (Wildman–Crippen MR) is 108 cm³/mol. The third-order valence-corrected chi connectivity index (χ3v) is 5.83. The van der Waals surface area contributed by atoms with Gasteiger partial charge in [0.05, 0.1) is 0 Å². The van der Waals surface area contributed by atoms with E-state index in [1.807, 2.05) is 0 Å². The van der Waals surface area contributed by atoms with Crippen LogP contribution in [-0.4, -0.2) is 0 Å². The van der Waals surface area contributed by atoms with Crippen LogP contribution in [0.1, 0.15) is 29.5 Å². The number of fused-ring (bicyclic) bond motifs is 5. The topological polar surface area (TPSA) is 0 Å². The van der Waals surface area contributed by atoms with Crippen molar-refractivity contribution >= 4 is 21.5 Å². The molecule has 4 aromatic rings. The zero-order chi connectivity index (χ0) is 16.8. The molecule has 0 amide bonds. The van der Waals surface area contributed by atoms with Gasteiger partial charge in [-0.05, 0) is 82.0 Å². The summed E-state index contributed by atoms with van der Waals surface area (Å²) < 4.78 is 0. The lowest BCUT2D eigenvalue weighted by molar-refractivity contribution is 0.690. The molecule has 0 heteroatoms. The van der Waals surface area contributed by atoms with Gasteiger partial charge in [0, 0.05) is 0 Å². The van der Waals surface area contributed by atoms with Gasteiger partial charge < -0.3 is 0 Å². The number of benzene rings is 4. The molecule has 0 saturated carbocycles. The maximum absolute atomic E-state index is 2.37. The third-order valence-electron chi connectivity index (χ3n) is 5.83. The Morgan fingerprint density at radius 2 is 1.28 bits per heavy atom. The van der Waals surface area contributed by atoms with E-state index < -0.39 is 0 Å². The number of hydrogen-bond acceptors (Lipinski definition) is 0. The molecular weight excluding hydrogens is 300 g/mol. The van der Waals surface area contributed by atoms with E-state index in [-0.39, 0.29) is 0 Å². The maximum atomic E-state index is 2.37. The van der Waals surface area contributed by atoms with E-state index in [4.69, 9.17) is 0 Å². The molecular formula is C25H22. The average molecular weight is 322 g/mol. The second kappa shape index (κ2) is 5.74. The van der Waals surface area contributed by atoms with Crippen LogP contribution < -0.4 is 0 Å². The van der Waals surface area contributed by atoms with Crippen molar-refractivity contribution in [2.75, 3.05) is 0 Å². The van der Waals surface area contributed by atoms with Crippen LogP contribution >= 0.6 is 0 Å². The van der Waals surface area contributed by atoms with Crippen molar-refractivity contribution in [3.05, 3.63) is 83.4 Å². The quantitative estimate of drug-likeness (QED) is 0.336. The molecule has 1 aliphatic carbocycles. The first-order valence-corrected chi connectivity index (χ1v) is 9.35. The summed E-state index contributed by atoms with van der Waals surface area (Å²) in [7, 11) is 0. The summed E-state index contributed by atoms with van der Waals surface area (Å²) >= 11 is 0. The van der Waals surface area contributed by atoms with E-state index >= 15 is 0 Å². The van der Waals surface area contributed by atoms with Crippen LogP contribution in [0.2, 0.25) is 0 Å². The molecule has 0 heterocycles. The molecule has 0 bridgehead atoms. The summed E-state index contributed by atoms with van der Waals surface area (Å²) in [6.07, 6.45) is 5.14. The normalized spacial score (nSPS) is 14.0. The van der Waals surface area contributed by atoms with Crippen LogP contribution in [0.5, 0.6) is 0 Å². The fourth-order valence-electron chi connectivity index (χ4n) is 4.54. The van der Waals surface area contributed by atoms with Gasteiger partial charge in [0.1, 0.15) is 0 Å². The number of hydrogen-bond donors (Lipinski definition) is 0. The molecule has 0 radical (unpaired) electrons. The van der Waals surface area contributed by atoms with Crippen LogP contribution in [0.15, 0.2) is 66.7 Å². The lowest BCUT2D eigenvalue weighted by atomic mass is 9.85. The van der Waals surface area contributed by atoms with Crippen molar-refractivity contribution in [1.29, 1.82) is 0 Å². The Hall–Kier alpha value is -2.60. The van der Waals surface area contributed by atoms with E-state index in [0.29, 0.717) is 0 Å². The lowest BCUT2D eigenvalue weighted by Gasteiger charge is -2.19. The Balaban J connectivity index is 1.84. The van der Waals surface area contributed by atoms with Crippen molar-refractivity contribution in [3.63, 3.8) is 0 Å². The van der Waals surface area contributed by atoms with Gasteiger partial charge in [-0.3, -0.25) is 0 Å². The maximum Gasteiger partial charge on any atom is -0.00989 e. The minimum atomic E-state index is 1.23. The lowest BCUT2D eigenvalue weighted by Crippen LogP contribution is -2.03. The van der Waals surface area contributed by atoms with Gasteiger partial charge >= 0.3 is 0 Å². The van der Waals surface area contributed by atoms with Crippen molar-refractivity contribution in [2.24, 2.45) is 0 Å². The molecule has 1 aliphatic rings. The Kier molecular flexibility index (Phi) is 3.38. The summed E-state index contributed by atoms with van der Waals surface area (Å²) in [6, 6.07) is 24.9. The highest BCUT2D eigenvalue weighted by Gasteiger charge is 2.14. The molecule has 0 fully saturated rings. The van der Waals surface area contributed by atoms with E-state index in [2.05, 4.69) is 73.7 Å². The Bertz CT molecular complexity index is 1100. The van der Waals surface area contributed by atoms with Gasteiger partial charge in [-0.25, -0.2) is 0 Å².